The number of ether oxygens (including phenoxy) is 1. The van der Waals surface area contributed by atoms with Crippen molar-refractivity contribution in [1.29, 1.82) is 0 Å². The smallest absolute Gasteiger partial charge is 0.126 e. The highest BCUT2D eigenvalue weighted by Crippen LogP contribution is 2.32. The summed E-state index contributed by atoms with van der Waals surface area (Å²) in [7, 11) is 1.74. The maximum Gasteiger partial charge on any atom is 0.126 e. The minimum atomic E-state index is 0.566. The Morgan fingerprint density at radius 1 is 1.29 bits per heavy atom. The number of methoxy groups -OCH3 is 1. The van der Waals surface area contributed by atoms with Crippen molar-refractivity contribution in [2.45, 2.75) is 32.2 Å². The van der Waals surface area contributed by atoms with Crippen LogP contribution in [0, 0.1) is 0 Å². The standard InChI is InChI=1S/C12H17NO/c1-14-12-10(8-13)7-6-9-4-2-3-5-11(9)12/h6-7H,2-5,8,13H2,1H3. The lowest BCUT2D eigenvalue weighted by molar-refractivity contribution is 0.401. The van der Waals surface area contributed by atoms with Gasteiger partial charge in [0.1, 0.15) is 5.75 Å². The van der Waals surface area contributed by atoms with Gasteiger partial charge in [-0.1, -0.05) is 12.1 Å². The molecule has 0 aliphatic heterocycles. The number of nitrogens with two attached hydrogens (primary N) is 1. The maximum atomic E-state index is 5.68. The predicted molar refractivity (Wildman–Crippen MR) is 57.5 cm³/mol. The Balaban J connectivity index is 2.50. The van der Waals surface area contributed by atoms with Crippen LogP contribution in [0.4, 0.5) is 0 Å². The molecule has 0 aromatic heterocycles. The summed E-state index contributed by atoms with van der Waals surface area (Å²) in [6, 6.07) is 4.31. The third kappa shape index (κ3) is 1.50. The van der Waals surface area contributed by atoms with Gasteiger partial charge in [0.05, 0.1) is 7.11 Å². The van der Waals surface area contributed by atoms with Gasteiger partial charge >= 0.3 is 0 Å². The molecule has 0 fully saturated rings. The van der Waals surface area contributed by atoms with Crippen LogP contribution < -0.4 is 10.5 Å². The molecule has 2 nitrogen and oxygen atoms in total. The van der Waals surface area contributed by atoms with Crippen LogP contribution in [0.25, 0.3) is 0 Å². The molecule has 0 heterocycles. The SMILES string of the molecule is COc1c(CN)ccc2c1CCCC2. The average molecular weight is 191 g/mol. The average Bonchev–Trinajstić information content (AvgIpc) is 2.27. The van der Waals surface area contributed by atoms with E-state index in [0.717, 1.165) is 17.7 Å². The zero-order chi connectivity index (χ0) is 9.97. The van der Waals surface area contributed by atoms with Crippen LogP contribution in [0.2, 0.25) is 0 Å². The highest BCUT2D eigenvalue weighted by Gasteiger charge is 2.16. The molecule has 2 N–H and O–H groups in total. The molecule has 1 aliphatic carbocycles. The third-order valence-corrected chi connectivity index (χ3v) is 2.99. The molecule has 76 valence electrons. The Morgan fingerprint density at radius 2 is 2.07 bits per heavy atom. The zero-order valence-corrected chi connectivity index (χ0v) is 8.68. The molecule has 0 atom stereocenters. The Kier molecular flexibility index (Phi) is 2.73. The van der Waals surface area contributed by atoms with E-state index in [1.165, 1.54) is 30.4 Å². The van der Waals surface area contributed by atoms with Crippen molar-refractivity contribution >= 4 is 0 Å². The van der Waals surface area contributed by atoms with Gasteiger partial charge in [0.2, 0.25) is 0 Å². The Bertz CT molecular complexity index is 318. The van der Waals surface area contributed by atoms with Gasteiger partial charge in [0, 0.05) is 12.1 Å². The molecule has 0 amide bonds. The lowest BCUT2D eigenvalue weighted by Crippen LogP contribution is -2.08. The van der Waals surface area contributed by atoms with E-state index in [2.05, 4.69) is 12.1 Å². The van der Waals surface area contributed by atoms with E-state index >= 15 is 0 Å². The number of hydrogen-bond acceptors (Lipinski definition) is 2. The number of hydrogen-bond donors (Lipinski definition) is 1. The first kappa shape index (κ1) is 9.53. The second-order valence-electron chi connectivity index (χ2n) is 3.81. The van der Waals surface area contributed by atoms with E-state index in [-0.39, 0.29) is 0 Å². The van der Waals surface area contributed by atoms with Crippen molar-refractivity contribution in [2.75, 3.05) is 7.11 Å². The minimum absolute atomic E-state index is 0.566. The Hall–Kier alpha value is -1.02. The first-order valence-electron chi connectivity index (χ1n) is 5.24. The second kappa shape index (κ2) is 4.01. The van der Waals surface area contributed by atoms with Crippen molar-refractivity contribution in [1.82, 2.24) is 0 Å². The van der Waals surface area contributed by atoms with Gasteiger partial charge in [-0.2, -0.15) is 0 Å². The Labute approximate surface area is 85.1 Å². The third-order valence-electron chi connectivity index (χ3n) is 2.99. The van der Waals surface area contributed by atoms with Crippen LogP contribution >= 0.6 is 0 Å². The van der Waals surface area contributed by atoms with Gasteiger partial charge in [0.25, 0.3) is 0 Å². The molecule has 0 bridgehead atoms. The molecule has 2 heteroatoms. The monoisotopic (exact) mass is 191 g/mol. The van der Waals surface area contributed by atoms with Crippen molar-refractivity contribution in [3.63, 3.8) is 0 Å². The Morgan fingerprint density at radius 3 is 2.79 bits per heavy atom. The van der Waals surface area contributed by atoms with E-state index in [4.69, 9.17) is 10.5 Å². The van der Waals surface area contributed by atoms with E-state index in [1.54, 1.807) is 7.11 Å². The summed E-state index contributed by atoms with van der Waals surface area (Å²) in [5.74, 6) is 1.03. The second-order valence-corrected chi connectivity index (χ2v) is 3.81. The van der Waals surface area contributed by atoms with E-state index in [1.807, 2.05) is 0 Å². The fourth-order valence-corrected chi connectivity index (χ4v) is 2.26. The number of rotatable bonds is 2. The van der Waals surface area contributed by atoms with Gasteiger partial charge in [-0.3, -0.25) is 0 Å². The molecular weight excluding hydrogens is 174 g/mol. The van der Waals surface area contributed by atoms with Crippen LogP contribution in [0.15, 0.2) is 12.1 Å². The largest absolute Gasteiger partial charge is 0.496 e. The molecule has 1 aromatic carbocycles. The maximum absolute atomic E-state index is 5.68. The van der Waals surface area contributed by atoms with Gasteiger partial charge in [-0.05, 0) is 36.8 Å². The highest BCUT2D eigenvalue weighted by atomic mass is 16.5. The molecule has 1 aliphatic rings. The number of aryl methyl sites for hydroxylation is 1. The topological polar surface area (TPSA) is 35.2 Å². The summed E-state index contributed by atoms with van der Waals surface area (Å²) in [5, 5.41) is 0. The predicted octanol–water partition coefficient (Wildman–Crippen LogP) is 2.03. The lowest BCUT2D eigenvalue weighted by atomic mass is 9.89. The van der Waals surface area contributed by atoms with Crippen LogP contribution in [-0.4, -0.2) is 7.11 Å². The molecule has 0 saturated carbocycles. The summed E-state index contributed by atoms with van der Waals surface area (Å²) >= 11 is 0. The number of benzene rings is 1. The molecule has 14 heavy (non-hydrogen) atoms. The minimum Gasteiger partial charge on any atom is -0.496 e. The molecule has 2 rings (SSSR count). The van der Waals surface area contributed by atoms with E-state index < -0.39 is 0 Å². The fourth-order valence-electron chi connectivity index (χ4n) is 2.26. The molecule has 0 radical (unpaired) electrons. The molecular formula is C12H17NO. The van der Waals surface area contributed by atoms with E-state index in [0.29, 0.717) is 6.54 Å². The van der Waals surface area contributed by atoms with Gasteiger partial charge in [-0.15, -0.1) is 0 Å². The summed E-state index contributed by atoms with van der Waals surface area (Å²) < 4.78 is 5.45. The van der Waals surface area contributed by atoms with Crippen molar-refractivity contribution in [3.8, 4) is 5.75 Å². The summed E-state index contributed by atoms with van der Waals surface area (Å²) in [6.45, 7) is 0.566. The highest BCUT2D eigenvalue weighted by molar-refractivity contribution is 5.47. The molecule has 0 unspecified atom stereocenters. The zero-order valence-electron chi connectivity index (χ0n) is 8.68. The molecule has 0 saturated heterocycles. The van der Waals surface area contributed by atoms with Crippen LogP contribution in [0.5, 0.6) is 5.75 Å². The van der Waals surface area contributed by atoms with Gasteiger partial charge in [0.15, 0.2) is 0 Å². The quantitative estimate of drug-likeness (QED) is 0.776. The summed E-state index contributed by atoms with van der Waals surface area (Å²) in [6.07, 6.45) is 4.92. The summed E-state index contributed by atoms with van der Waals surface area (Å²) in [5.41, 5.74) is 9.65. The van der Waals surface area contributed by atoms with Crippen molar-refractivity contribution in [3.05, 3.63) is 28.8 Å². The normalized spacial score (nSPS) is 15.0. The lowest BCUT2D eigenvalue weighted by Gasteiger charge is -2.20. The number of fused-ring (bicyclic) bond motifs is 1. The van der Waals surface area contributed by atoms with Crippen LogP contribution in [-0.2, 0) is 19.4 Å². The first-order valence-corrected chi connectivity index (χ1v) is 5.24. The van der Waals surface area contributed by atoms with Crippen molar-refractivity contribution in [2.24, 2.45) is 5.73 Å². The fraction of sp³-hybridized carbons (Fsp3) is 0.500. The summed E-state index contributed by atoms with van der Waals surface area (Å²) in [4.78, 5) is 0. The molecule has 1 aromatic rings. The molecule has 0 spiro atoms. The van der Waals surface area contributed by atoms with Crippen molar-refractivity contribution < 1.29 is 4.74 Å². The van der Waals surface area contributed by atoms with Crippen LogP contribution in [0.3, 0.4) is 0 Å². The van der Waals surface area contributed by atoms with Gasteiger partial charge in [-0.25, -0.2) is 0 Å². The van der Waals surface area contributed by atoms with Gasteiger partial charge < -0.3 is 10.5 Å². The van der Waals surface area contributed by atoms with E-state index in [9.17, 15) is 0 Å². The van der Waals surface area contributed by atoms with Crippen LogP contribution in [0.1, 0.15) is 29.5 Å². The first-order chi connectivity index (χ1) is 6.86.